The van der Waals surface area contributed by atoms with E-state index < -0.39 is 23.6 Å². The van der Waals surface area contributed by atoms with Crippen LogP contribution in [0.25, 0.3) is 0 Å². The van der Waals surface area contributed by atoms with Gasteiger partial charge in [-0.3, -0.25) is 5.41 Å². The van der Waals surface area contributed by atoms with E-state index in [1.165, 1.54) is 0 Å². The van der Waals surface area contributed by atoms with Crippen LogP contribution in [0.5, 0.6) is 0 Å². The predicted octanol–water partition coefficient (Wildman–Crippen LogP) is 2.66. The number of nitrogen functional groups attached to an aromatic ring is 1. The van der Waals surface area contributed by atoms with E-state index >= 15 is 0 Å². The average molecular weight is 300 g/mol. The fourth-order valence-corrected chi connectivity index (χ4v) is 1.95. The molecule has 5 nitrogen and oxygen atoms in total. The molecule has 0 unspecified atom stereocenters. The van der Waals surface area contributed by atoms with Gasteiger partial charge in [0.05, 0.1) is 11.3 Å². The number of rotatable bonds is 3. The molecule has 114 valence electrons. The minimum Gasteiger partial charge on any atom is -0.384 e. The Bertz CT molecular complexity index is 567. The van der Waals surface area contributed by atoms with Crippen molar-refractivity contribution >= 4 is 17.6 Å². The Labute approximate surface area is 119 Å². The molecule has 1 aliphatic rings. The molecule has 0 spiro atoms. The standard InChI is InChI=1S/C13H15F3N4O/c14-13(15,16)7-4-5-10(9(6-7)11(17)18)20-12(21)19-8-2-1-3-8/h4-6,8H,1-3H2,(H3,17,18)(H2,19,20,21). The Morgan fingerprint density at radius 1 is 1.33 bits per heavy atom. The van der Waals surface area contributed by atoms with Gasteiger partial charge in [-0.1, -0.05) is 0 Å². The van der Waals surface area contributed by atoms with Gasteiger partial charge in [0.15, 0.2) is 0 Å². The first-order valence-corrected chi connectivity index (χ1v) is 6.40. The van der Waals surface area contributed by atoms with Crippen LogP contribution < -0.4 is 16.4 Å². The monoisotopic (exact) mass is 300 g/mol. The Kier molecular flexibility index (Phi) is 4.06. The van der Waals surface area contributed by atoms with Crippen molar-refractivity contribution < 1.29 is 18.0 Å². The minimum absolute atomic E-state index is 0.0762. The van der Waals surface area contributed by atoms with E-state index in [9.17, 15) is 18.0 Å². The largest absolute Gasteiger partial charge is 0.416 e. The minimum atomic E-state index is -4.53. The van der Waals surface area contributed by atoms with Gasteiger partial charge < -0.3 is 16.4 Å². The quantitative estimate of drug-likeness (QED) is 0.510. The second kappa shape index (κ2) is 5.63. The van der Waals surface area contributed by atoms with Gasteiger partial charge >= 0.3 is 12.2 Å². The summed E-state index contributed by atoms with van der Waals surface area (Å²) in [6, 6.07) is 2.27. The summed E-state index contributed by atoms with van der Waals surface area (Å²) in [7, 11) is 0. The lowest BCUT2D eigenvalue weighted by atomic mass is 9.93. The Morgan fingerprint density at radius 3 is 2.48 bits per heavy atom. The van der Waals surface area contributed by atoms with E-state index in [1.807, 2.05) is 0 Å². The Hall–Kier alpha value is -2.25. The van der Waals surface area contributed by atoms with E-state index in [0.29, 0.717) is 0 Å². The molecule has 0 heterocycles. The molecule has 1 fully saturated rings. The van der Waals surface area contributed by atoms with E-state index in [0.717, 1.165) is 37.5 Å². The highest BCUT2D eigenvalue weighted by atomic mass is 19.4. The normalized spacial score (nSPS) is 15.2. The number of urea groups is 1. The van der Waals surface area contributed by atoms with Gasteiger partial charge in [-0.25, -0.2) is 4.79 Å². The summed E-state index contributed by atoms with van der Waals surface area (Å²) in [6.45, 7) is 0. The third kappa shape index (κ3) is 3.65. The number of benzene rings is 1. The van der Waals surface area contributed by atoms with Crippen molar-refractivity contribution in [3.63, 3.8) is 0 Å². The van der Waals surface area contributed by atoms with Crippen LogP contribution in [0.2, 0.25) is 0 Å². The molecule has 5 N–H and O–H groups in total. The van der Waals surface area contributed by atoms with Crippen LogP contribution in [0.15, 0.2) is 18.2 Å². The number of anilines is 1. The number of alkyl halides is 3. The van der Waals surface area contributed by atoms with Crippen LogP contribution in [-0.4, -0.2) is 17.9 Å². The molecule has 0 atom stereocenters. The summed E-state index contributed by atoms with van der Waals surface area (Å²) in [5.41, 5.74) is 4.28. The van der Waals surface area contributed by atoms with Gasteiger partial charge in [0, 0.05) is 11.6 Å². The second-order valence-electron chi connectivity index (χ2n) is 4.90. The summed E-state index contributed by atoms with van der Waals surface area (Å²) < 4.78 is 37.9. The number of halogens is 3. The summed E-state index contributed by atoms with van der Waals surface area (Å²) >= 11 is 0. The molecule has 0 aliphatic heterocycles. The van der Waals surface area contributed by atoms with Gasteiger partial charge in [0.1, 0.15) is 5.84 Å². The van der Waals surface area contributed by atoms with E-state index in [1.54, 1.807) is 0 Å². The molecular weight excluding hydrogens is 285 g/mol. The summed E-state index contributed by atoms with van der Waals surface area (Å²) in [5, 5.41) is 12.5. The molecule has 2 rings (SSSR count). The van der Waals surface area contributed by atoms with E-state index in [2.05, 4.69) is 10.6 Å². The van der Waals surface area contributed by atoms with Crippen LogP contribution in [0.1, 0.15) is 30.4 Å². The van der Waals surface area contributed by atoms with Gasteiger partial charge in [-0.05, 0) is 37.5 Å². The maximum absolute atomic E-state index is 12.6. The molecule has 0 saturated heterocycles. The first-order valence-electron chi connectivity index (χ1n) is 6.40. The third-order valence-electron chi connectivity index (χ3n) is 3.33. The van der Waals surface area contributed by atoms with Crippen LogP contribution in [-0.2, 0) is 6.18 Å². The zero-order chi connectivity index (χ0) is 15.6. The molecule has 1 aliphatic carbocycles. The number of nitrogens with two attached hydrogens (primary N) is 1. The topological polar surface area (TPSA) is 91.0 Å². The first kappa shape index (κ1) is 15.1. The van der Waals surface area contributed by atoms with E-state index in [-0.39, 0.29) is 17.3 Å². The zero-order valence-electron chi connectivity index (χ0n) is 11.1. The third-order valence-corrected chi connectivity index (χ3v) is 3.33. The number of amides is 2. The number of amidine groups is 1. The summed E-state index contributed by atoms with van der Waals surface area (Å²) in [6.07, 6.45) is -1.71. The summed E-state index contributed by atoms with van der Waals surface area (Å²) in [4.78, 5) is 11.7. The average Bonchev–Trinajstić information content (AvgIpc) is 2.32. The van der Waals surface area contributed by atoms with Gasteiger partial charge in [0.2, 0.25) is 0 Å². The number of nitrogens with one attached hydrogen (secondary N) is 3. The highest BCUT2D eigenvalue weighted by molar-refractivity contribution is 6.04. The van der Waals surface area contributed by atoms with Crippen LogP contribution in [0.3, 0.4) is 0 Å². The maximum atomic E-state index is 12.6. The van der Waals surface area contributed by atoms with Crippen molar-refractivity contribution in [3.8, 4) is 0 Å². The predicted molar refractivity (Wildman–Crippen MR) is 72.3 cm³/mol. The smallest absolute Gasteiger partial charge is 0.384 e. The fraction of sp³-hybridized carbons (Fsp3) is 0.385. The number of carbonyl (C=O) groups excluding carboxylic acids is 1. The molecule has 1 aromatic rings. The molecular formula is C13H15F3N4O. The number of hydrogen-bond acceptors (Lipinski definition) is 2. The van der Waals surface area contributed by atoms with Gasteiger partial charge in [0.25, 0.3) is 0 Å². The molecule has 1 aromatic carbocycles. The van der Waals surface area contributed by atoms with Gasteiger partial charge in [-0.15, -0.1) is 0 Å². The molecule has 8 heteroatoms. The second-order valence-corrected chi connectivity index (χ2v) is 4.90. The van der Waals surface area contributed by atoms with Crippen molar-refractivity contribution in [2.45, 2.75) is 31.5 Å². The molecule has 0 bridgehead atoms. The van der Waals surface area contributed by atoms with Crippen molar-refractivity contribution in [2.75, 3.05) is 5.32 Å². The Morgan fingerprint density at radius 2 is 2.00 bits per heavy atom. The highest BCUT2D eigenvalue weighted by Crippen LogP contribution is 2.31. The maximum Gasteiger partial charge on any atom is 0.416 e. The van der Waals surface area contributed by atoms with Crippen LogP contribution >= 0.6 is 0 Å². The van der Waals surface area contributed by atoms with Crippen LogP contribution in [0, 0.1) is 5.41 Å². The lowest BCUT2D eigenvalue weighted by molar-refractivity contribution is -0.137. The number of hydrogen-bond donors (Lipinski definition) is 4. The highest BCUT2D eigenvalue weighted by Gasteiger charge is 2.31. The molecule has 1 saturated carbocycles. The van der Waals surface area contributed by atoms with Crippen molar-refractivity contribution in [1.29, 1.82) is 5.41 Å². The molecule has 2 amide bonds. The lowest BCUT2D eigenvalue weighted by Gasteiger charge is -2.26. The summed E-state index contributed by atoms with van der Waals surface area (Å²) in [5.74, 6) is -0.542. The molecule has 0 radical (unpaired) electrons. The van der Waals surface area contributed by atoms with E-state index in [4.69, 9.17) is 11.1 Å². The van der Waals surface area contributed by atoms with Crippen molar-refractivity contribution in [1.82, 2.24) is 5.32 Å². The Balaban J connectivity index is 2.18. The zero-order valence-corrected chi connectivity index (χ0v) is 11.1. The van der Waals surface area contributed by atoms with Crippen molar-refractivity contribution in [3.05, 3.63) is 29.3 Å². The first-order chi connectivity index (χ1) is 9.77. The molecule has 21 heavy (non-hydrogen) atoms. The lowest BCUT2D eigenvalue weighted by Crippen LogP contribution is -2.42. The van der Waals surface area contributed by atoms with Crippen molar-refractivity contribution in [2.24, 2.45) is 5.73 Å². The number of carbonyl (C=O) groups is 1. The SMILES string of the molecule is N=C(N)c1cc(C(F)(F)F)ccc1NC(=O)NC1CCC1. The fourth-order valence-electron chi connectivity index (χ4n) is 1.95. The van der Waals surface area contributed by atoms with Crippen LogP contribution in [0.4, 0.5) is 23.7 Å². The molecule has 0 aromatic heterocycles. The van der Waals surface area contributed by atoms with Gasteiger partial charge in [-0.2, -0.15) is 13.2 Å².